The van der Waals surface area contributed by atoms with Gasteiger partial charge in [-0.1, -0.05) is 0 Å². The summed E-state index contributed by atoms with van der Waals surface area (Å²) < 4.78 is 19.2. The normalized spacial score (nSPS) is 44.3. The summed E-state index contributed by atoms with van der Waals surface area (Å²) in [5.74, 6) is 0. The highest BCUT2D eigenvalue weighted by atomic mass is 32.2. The molecule has 2 aliphatic heterocycles. The first-order valence-electron chi connectivity index (χ1n) is 5.12. The van der Waals surface area contributed by atoms with Gasteiger partial charge >= 0.3 is 0 Å². The molecular formula is C9H15FN2O3S. The molecule has 1 unspecified atom stereocenters. The molecule has 0 bridgehead atoms. The van der Waals surface area contributed by atoms with Crippen LogP contribution in [0.25, 0.3) is 0 Å². The van der Waals surface area contributed by atoms with E-state index in [1.165, 1.54) is 18.7 Å². The van der Waals surface area contributed by atoms with Crippen LogP contribution in [0.3, 0.4) is 0 Å². The minimum absolute atomic E-state index is 0.281. The van der Waals surface area contributed by atoms with Crippen molar-refractivity contribution in [2.75, 3.05) is 7.05 Å². The smallest absolute Gasteiger partial charge is 0.286 e. The topological polar surface area (TPSA) is 74.1 Å². The number of alkyl halides is 1. The SMILES string of the molecule is CNC1=N[C@@H]2[C@H](F)[C@H](O)C([C@H](C)O)S[C@@H]2O1. The number of aliphatic hydroxyl groups is 2. The Morgan fingerprint density at radius 1 is 1.62 bits per heavy atom. The maximum absolute atomic E-state index is 13.9. The summed E-state index contributed by atoms with van der Waals surface area (Å²) in [7, 11) is 1.64. The average Bonchev–Trinajstić information content (AvgIpc) is 2.66. The summed E-state index contributed by atoms with van der Waals surface area (Å²) in [6.45, 7) is 1.53. The summed E-state index contributed by atoms with van der Waals surface area (Å²) in [4.78, 5) is 4.00. The molecule has 0 amide bonds. The van der Waals surface area contributed by atoms with Gasteiger partial charge in [0.1, 0.15) is 12.1 Å². The van der Waals surface area contributed by atoms with Crippen LogP contribution in [-0.4, -0.2) is 58.4 Å². The summed E-state index contributed by atoms with van der Waals surface area (Å²) in [5.41, 5.74) is -0.472. The number of nitrogens with one attached hydrogen (secondary N) is 1. The highest BCUT2D eigenvalue weighted by Crippen LogP contribution is 2.40. The van der Waals surface area contributed by atoms with Gasteiger partial charge in [0.05, 0.1) is 11.4 Å². The Morgan fingerprint density at radius 2 is 2.31 bits per heavy atom. The van der Waals surface area contributed by atoms with Crippen LogP contribution in [0.15, 0.2) is 4.99 Å². The van der Waals surface area contributed by atoms with Gasteiger partial charge in [0, 0.05) is 7.05 Å². The minimum Gasteiger partial charge on any atom is -0.448 e. The van der Waals surface area contributed by atoms with Gasteiger partial charge in [-0.3, -0.25) is 0 Å². The predicted octanol–water partition coefficient (Wildman–Crippen LogP) is -0.518. The monoisotopic (exact) mass is 250 g/mol. The fourth-order valence-electron chi connectivity index (χ4n) is 1.88. The van der Waals surface area contributed by atoms with E-state index in [1.807, 2.05) is 0 Å². The number of halogens is 1. The third-order valence-electron chi connectivity index (χ3n) is 2.74. The molecule has 0 aromatic rings. The predicted molar refractivity (Wildman–Crippen MR) is 59.1 cm³/mol. The van der Waals surface area contributed by atoms with Crippen molar-refractivity contribution in [2.45, 2.75) is 42.0 Å². The fraction of sp³-hybridized carbons (Fsp3) is 0.889. The van der Waals surface area contributed by atoms with Crippen molar-refractivity contribution < 1.29 is 19.3 Å². The quantitative estimate of drug-likeness (QED) is 0.584. The van der Waals surface area contributed by atoms with Gasteiger partial charge in [-0.2, -0.15) is 0 Å². The van der Waals surface area contributed by atoms with Crippen molar-refractivity contribution in [1.82, 2.24) is 5.32 Å². The molecule has 2 rings (SSSR count). The van der Waals surface area contributed by atoms with E-state index in [2.05, 4.69) is 10.3 Å². The maximum Gasteiger partial charge on any atom is 0.286 e. The van der Waals surface area contributed by atoms with Gasteiger partial charge in [-0.25, -0.2) is 9.38 Å². The van der Waals surface area contributed by atoms with Crippen LogP contribution in [0.2, 0.25) is 0 Å². The Kier molecular flexibility index (Phi) is 3.27. The maximum atomic E-state index is 13.9. The van der Waals surface area contributed by atoms with Crippen LogP contribution in [0.4, 0.5) is 4.39 Å². The lowest BCUT2D eigenvalue weighted by Crippen LogP contribution is -2.52. The molecule has 0 aliphatic carbocycles. The number of rotatable bonds is 1. The number of fused-ring (bicyclic) bond motifs is 1. The van der Waals surface area contributed by atoms with Crippen molar-refractivity contribution >= 4 is 17.8 Å². The van der Waals surface area contributed by atoms with Gasteiger partial charge in [0.25, 0.3) is 6.02 Å². The first kappa shape index (κ1) is 11.9. The Labute approximate surface area is 97.1 Å². The highest BCUT2D eigenvalue weighted by molar-refractivity contribution is 8.00. The molecule has 3 N–H and O–H groups in total. The lowest BCUT2D eigenvalue weighted by atomic mass is 10.0. The number of ether oxygens (including phenoxy) is 1. The molecule has 92 valence electrons. The van der Waals surface area contributed by atoms with Crippen molar-refractivity contribution in [1.29, 1.82) is 0 Å². The van der Waals surface area contributed by atoms with Crippen LogP contribution in [0.1, 0.15) is 6.92 Å². The Morgan fingerprint density at radius 3 is 2.88 bits per heavy atom. The number of thioether (sulfide) groups is 1. The van der Waals surface area contributed by atoms with Gasteiger partial charge < -0.3 is 20.3 Å². The van der Waals surface area contributed by atoms with Gasteiger partial charge in [-0.05, 0) is 6.92 Å². The van der Waals surface area contributed by atoms with E-state index < -0.39 is 35.1 Å². The van der Waals surface area contributed by atoms with Crippen molar-refractivity contribution in [3.63, 3.8) is 0 Å². The van der Waals surface area contributed by atoms with Crippen LogP contribution < -0.4 is 5.32 Å². The lowest BCUT2D eigenvalue weighted by Gasteiger charge is -2.37. The van der Waals surface area contributed by atoms with E-state index in [-0.39, 0.29) is 6.02 Å². The van der Waals surface area contributed by atoms with E-state index in [0.717, 1.165) is 0 Å². The fourth-order valence-corrected chi connectivity index (χ4v) is 3.24. The van der Waals surface area contributed by atoms with Crippen LogP contribution in [0.5, 0.6) is 0 Å². The molecule has 2 heterocycles. The molecule has 0 spiro atoms. The molecule has 0 saturated carbocycles. The van der Waals surface area contributed by atoms with Gasteiger partial charge in [0.15, 0.2) is 11.6 Å². The first-order valence-corrected chi connectivity index (χ1v) is 6.06. The molecule has 1 saturated heterocycles. The second-order valence-electron chi connectivity index (χ2n) is 3.94. The van der Waals surface area contributed by atoms with E-state index >= 15 is 0 Å². The Balaban J connectivity index is 2.14. The standard InChI is InChI=1S/C9H15FN2O3S/c1-3(13)7-6(14)4(10)5-8(16-7)15-9(11-2)12-5/h3-8,13-14H,1-2H3,(H,11,12)/t3-,4-,5+,6-,7?,8-/m0/s1. The van der Waals surface area contributed by atoms with E-state index in [0.29, 0.717) is 0 Å². The zero-order chi connectivity index (χ0) is 11.9. The van der Waals surface area contributed by atoms with Crippen LogP contribution >= 0.6 is 11.8 Å². The molecule has 0 aromatic heterocycles. The molecular weight excluding hydrogens is 235 g/mol. The molecule has 7 heteroatoms. The third-order valence-corrected chi connectivity index (χ3v) is 4.37. The molecule has 0 radical (unpaired) electrons. The zero-order valence-electron chi connectivity index (χ0n) is 9.00. The average molecular weight is 250 g/mol. The molecule has 16 heavy (non-hydrogen) atoms. The first-order chi connectivity index (χ1) is 7.54. The molecule has 2 aliphatic rings. The number of hydrogen-bond donors (Lipinski definition) is 3. The third kappa shape index (κ3) is 1.87. The number of aliphatic hydroxyl groups excluding tert-OH is 2. The second kappa shape index (κ2) is 4.38. The largest absolute Gasteiger partial charge is 0.448 e. The zero-order valence-corrected chi connectivity index (χ0v) is 9.82. The Bertz CT molecular complexity index is 302. The van der Waals surface area contributed by atoms with Gasteiger partial charge in [0.2, 0.25) is 0 Å². The van der Waals surface area contributed by atoms with E-state index in [1.54, 1.807) is 7.05 Å². The van der Waals surface area contributed by atoms with Crippen molar-refractivity contribution in [3.05, 3.63) is 0 Å². The molecule has 0 aromatic carbocycles. The summed E-state index contributed by atoms with van der Waals surface area (Å²) in [5, 5.41) is 21.3. The van der Waals surface area contributed by atoms with Crippen molar-refractivity contribution in [2.24, 2.45) is 4.99 Å². The molecule has 5 nitrogen and oxygen atoms in total. The summed E-state index contributed by atoms with van der Waals surface area (Å²) in [6.07, 6.45) is -3.51. The molecule has 1 fully saturated rings. The van der Waals surface area contributed by atoms with Crippen molar-refractivity contribution in [3.8, 4) is 0 Å². The second-order valence-corrected chi connectivity index (χ2v) is 5.22. The number of nitrogens with zero attached hydrogens (tertiary/aromatic N) is 1. The van der Waals surface area contributed by atoms with Crippen LogP contribution in [0, 0.1) is 0 Å². The van der Waals surface area contributed by atoms with E-state index in [9.17, 15) is 14.6 Å². The summed E-state index contributed by atoms with van der Waals surface area (Å²) in [6, 6.07) is -0.416. The highest BCUT2D eigenvalue weighted by Gasteiger charge is 2.50. The molecule has 6 atom stereocenters. The van der Waals surface area contributed by atoms with E-state index in [4.69, 9.17) is 4.74 Å². The Hall–Kier alpha value is -0.530. The summed E-state index contributed by atoms with van der Waals surface area (Å²) >= 11 is 1.22. The number of aliphatic imine (C=N–C) groups is 1. The number of hydrogen-bond acceptors (Lipinski definition) is 6. The van der Waals surface area contributed by atoms with Crippen LogP contribution in [-0.2, 0) is 4.74 Å². The number of amidine groups is 1. The minimum atomic E-state index is -1.50. The van der Waals surface area contributed by atoms with Gasteiger partial charge in [-0.15, -0.1) is 11.8 Å². The lowest BCUT2D eigenvalue weighted by molar-refractivity contribution is 0.0129.